The van der Waals surface area contributed by atoms with Gasteiger partial charge >= 0.3 is 5.97 Å². The fourth-order valence-corrected chi connectivity index (χ4v) is 4.84. The van der Waals surface area contributed by atoms with Gasteiger partial charge in [0.15, 0.2) is 18.4 Å². The highest BCUT2D eigenvalue weighted by atomic mass is 35.5. The molecule has 1 aromatic heterocycles. The molecule has 0 amide bonds. The molecule has 38 heavy (non-hydrogen) atoms. The molecule has 0 bridgehead atoms. The second kappa shape index (κ2) is 12.5. The first-order valence-corrected chi connectivity index (χ1v) is 13.1. The van der Waals surface area contributed by atoms with E-state index in [9.17, 15) is 4.79 Å². The number of methoxy groups -OCH3 is 1. The third kappa shape index (κ3) is 7.74. The van der Waals surface area contributed by atoms with Gasteiger partial charge in [0.2, 0.25) is 0 Å². The van der Waals surface area contributed by atoms with Gasteiger partial charge < -0.3 is 19.1 Å². The molecule has 2 aromatic rings. The number of halogens is 2. The van der Waals surface area contributed by atoms with Gasteiger partial charge in [0, 0.05) is 24.7 Å². The molecule has 1 fully saturated rings. The minimum absolute atomic E-state index is 0.0440. The normalized spacial score (nSPS) is 22.2. The van der Waals surface area contributed by atoms with Crippen molar-refractivity contribution >= 4 is 23.4 Å². The van der Waals surface area contributed by atoms with Gasteiger partial charge in [-0.2, -0.15) is 0 Å². The average Bonchev–Trinajstić information content (AvgIpc) is 3.00. The van der Waals surface area contributed by atoms with E-state index in [1.54, 1.807) is 36.3 Å². The number of carbonyl (C=O) groups excluding carboxylic acids is 1. The first-order chi connectivity index (χ1) is 17.8. The Balaban J connectivity index is 1.78. The van der Waals surface area contributed by atoms with Crippen LogP contribution in [-0.4, -0.2) is 83.9 Å². The molecule has 9 nitrogen and oxygen atoms in total. The number of hydrogen-bond acceptors (Lipinski definition) is 9. The van der Waals surface area contributed by atoms with E-state index in [2.05, 4.69) is 22.1 Å². The zero-order chi connectivity index (χ0) is 28.1. The average molecular weight is 552 g/mol. The molecule has 0 radical (unpaired) electrons. The lowest BCUT2D eigenvalue weighted by Crippen LogP contribution is -2.52. The van der Waals surface area contributed by atoms with E-state index in [0.717, 1.165) is 6.42 Å². The van der Waals surface area contributed by atoms with E-state index < -0.39 is 23.4 Å². The Labute approximate surface area is 229 Å². The number of hydrogen-bond donors (Lipinski definition) is 0. The van der Waals surface area contributed by atoms with Crippen molar-refractivity contribution in [2.45, 2.75) is 76.7 Å². The van der Waals surface area contributed by atoms with E-state index in [-0.39, 0.29) is 19.3 Å². The van der Waals surface area contributed by atoms with Crippen molar-refractivity contribution in [3.8, 4) is 17.1 Å². The van der Waals surface area contributed by atoms with Crippen LogP contribution in [0.5, 0.6) is 5.75 Å². The lowest BCUT2D eigenvalue weighted by molar-refractivity contribution is -0.157. The quantitative estimate of drug-likeness (QED) is 0.244. The maximum atomic E-state index is 15.4. The minimum atomic E-state index is -1.07. The third-order valence-corrected chi connectivity index (χ3v) is 7.13. The predicted molar refractivity (Wildman–Crippen MR) is 145 cm³/mol. The summed E-state index contributed by atoms with van der Waals surface area (Å²) in [6, 6.07) is 4.66. The molecule has 0 saturated heterocycles. The largest absolute Gasteiger partial charge is 0.467 e. The Morgan fingerprint density at radius 1 is 1.26 bits per heavy atom. The second-order valence-electron chi connectivity index (χ2n) is 11.1. The van der Waals surface area contributed by atoms with Gasteiger partial charge in [-0.3, -0.25) is 9.69 Å². The van der Waals surface area contributed by atoms with Crippen molar-refractivity contribution in [3.05, 3.63) is 29.4 Å². The summed E-state index contributed by atoms with van der Waals surface area (Å²) in [4.78, 5) is 20.8. The van der Waals surface area contributed by atoms with Gasteiger partial charge in [-0.25, -0.2) is 9.37 Å². The molecule has 1 saturated carbocycles. The minimum Gasteiger partial charge on any atom is -0.467 e. The first kappa shape index (κ1) is 30.0. The van der Waals surface area contributed by atoms with Crippen LogP contribution in [0.4, 0.5) is 10.2 Å². The van der Waals surface area contributed by atoms with Crippen LogP contribution in [0.15, 0.2) is 24.4 Å². The van der Waals surface area contributed by atoms with Crippen LogP contribution in [0.1, 0.15) is 53.4 Å². The summed E-state index contributed by atoms with van der Waals surface area (Å²) >= 11 is 6.12. The Morgan fingerprint density at radius 2 is 2.00 bits per heavy atom. The maximum Gasteiger partial charge on any atom is 0.320 e. The highest BCUT2D eigenvalue weighted by Gasteiger charge is 2.41. The number of likely N-dealkylation sites (N-methyl/N-ethyl adjacent to an activating group) is 1. The fraction of sp³-hybridized carbons (Fsp3) is 0.630. The molecule has 1 aliphatic carbocycles. The molecule has 1 unspecified atom stereocenters. The van der Waals surface area contributed by atoms with Crippen LogP contribution in [-0.2, 0) is 14.3 Å². The summed E-state index contributed by atoms with van der Waals surface area (Å²) in [5.41, 5.74) is -0.355. The predicted octanol–water partition coefficient (Wildman–Crippen LogP) is 4.92. The Bertz CT molecular complexity index is 1080. The number of aromatic nitrogens is 3. The Hall–Kier alpha value is -2.56. The van der Waals surface area contributed by atoms with Crippen molar-refractivity contribution in [1.29, 1.82) is 0 Å². The molecule has 1 heterocycles. The molecule has 0 spiro atoms. The highest BCUT2D eigenvalue weighted by molar-refractivity contribution is 6.30. The van der Waals surface area contributed by atoms with Crippen molar-refractivity contribution in [3.63, 3.8) is 0 Å². The molecule has 1 aromatic carbocycles. The molecule has 0 N–H and O–H groups in total. The molecule has 3 rings (SSSR count). The zero-order valence-electron chi connectivity index (χ0n) is 23.3. The monoisotopic (exact) mass is 551 g/mol. The molecular weight excluding hydrogens is 513 g/mol. The van der Waals surface area contributed by atoms with Crippen LogP contribution in [0.25, 0.3) is 11.4 Å². The van der Waals surface area contributed by atoms with Gasteiger partial charge in [0.25, 0.3) is 0 Å². The number of benzene rings is 1. The van der Waals surface area contributed by atoms with Crippen molar-refractivity contribution in [2.75, 3.05) is 39.4 Å². The summed E-state index contributed by atoms with van der Waals surface area (Å²) in [6.07, 6.45) is 2.92. The molecule has 3 atom stereocenters. The van der Waals surface area contributed by atoms with Crippen LogP contribution >= 0.6 is 11.6 Å². The number of esters is 1. The number of ether oxygens (including phenoxy) is 3. The first-order valence-electron chi connectivity index (χ1n) is 12.7. The standard InChI is InChI=1S/C27H39ClFN5O4/c1-26(2,3)38-24(35)16-33(5)27(4)12-8-9-20(29)21(14-27)34(6)23-15-30-25(32-31-23)19-11-10-18(28)13-22(19)37-17-36-7/h10-11,13,15,20-21H,8-9,12,14,16-17H2,1-7H3/t20?,21-,27-/m0/s1. The summed E-state index contributed by atoms with van der Waals surface area (Å²) in [5, 5.41) is 9.16. The van der Waals surface area contributed by atoms with E-state index >= 15 is 4.39 Å². The second-order valence-corrected chi connectivity index (χ2v) is 11.5. The highest BCUT2D eigenvalue weighted by Crippen LogP contribution is 2.36. The van der Waals surface area contributed by atoms with Gasteiger partial charge in [-0.1, -0.05) is 11.6 Å². The van der Waals surface area contributed by atoms with E-state index in [4.69, 9.17) is 25.8 Å². The van der Waals surface area contributed by atoms with Crippen LogP contribution < -0.4 is 9.64 Å². The van der Waals surface area contributed by atoms with Crippen LogP contribution in [0.2, 0.25) is 5.02 Å². The smallest absolute Gasteiger partial charge is 0.320 e. The number of carbonyl (C=O) groups is 1. The Morgan fingerprint density at radius 3 is 2.63 bits per heavy atom. The number of anilines is 1. The summed E-state index contributed by atoms with van der Waals surface area (Å²) in [6.45, 7) is 7.78. The zero-order valence-corrected chi connectivity index (χ0v) is 24.1. The van der Waals surface area contributed by atoms with E-state index in [0.29, 0.717) is 47.2 Å². The van der Waals surface area contributed by atoms with Crippen molar-refractivity contribution in [2.24, 2.45) is 0 Å². The number of rotatable bonds is 9. The number of nitrogens with zero attached hydrogens (tertiary/aromatic N) is 5. The van der Waals surface area contributed by atoms with Crippen molar-refractivity contribution < 1.29 is 23.4 Å². The molecule has 0 aliphatic heterocycles. The van der Waals surface area contributed by atoms with Crippen LogP contribution in [0, 0.1) is 0 Å². The maximum absolute atomic E-state index is 15.4. The van der Waals surface area contributed by atoms with Crippen LogP contribution in [0.3, 0.4) is 0 Å². The summed E-state index contributed by atoms with van der Waals surface area (Å²) in [7, 11) is 5.22. The van der Waals surface area contributed by atoms with Gasteiger partial charge in [0.1, 0.15) is 17.5 Å². The Kier molecular flexibility index (Phi) is 9.89. The third-order valence-electron chi connectivity index (χ3n) is 6.89. The fourth-order valence-electron chi connectivity index (χ4n) is 4.68. The van der Waals surface area contributed by atoms with E-state index in [1.165, 1.54) is 7.11 Å². The SMILES string of the molecule is COCOc1cc(Cl)ccc1-c1ncc(N(C)[C@H]2C[C@@](C)(N(C)CC(=O)OC(C)(C)C)CCCC2F)nn1. The molecule has 11 heteroatoms. The van der Waals surface area contributed by atoms with Crippen molar-refractivity contribution in [1.82, 2.24) is 20.1 Å². The molecule has 1 aliphatic rings. The summed E-state index contributed by atoms with van der Waals surface area (Å²) < 4.78 is 31.5. The molecular formula is C27H39ClFN5O4. The van der Waals surface area contributed by atoms with Gasteiger partial charge in [0.05, 0.1) is 24.3 Å². The number of alkyl halides is 1. The van der Waals surface area contributed by atoms with Gasteiger partial charge in [-0.15, -0.1) is 10.2 Å². The van der Waals surface area contributed by atoms with Gasteiger partial charge in [-0.05, 0) is 78.6 Å². The van der Waals surface area contributed by atoms with E-state index in [1.807, 2.05) is 32.7 Å². The summed E-state index contributed by atoms with van der Waals surface area (Å²) in [5.74, 6) is 0.978. The molecule has 210 valence electrons. The topological polar surface area (TPSA) is 89.9 Å². The lowest BCUT2D eigenvalue weighted by Gasteiger charge is -2.42. The lowest BCUT2D eigenvalue weighted by atomic mass is 9.88.